The molecule has 0 radical (unpaired) electrons. The number of hydrogen-bond acceptors (Lipinski definition) is 11. The third-order valence-electron chi connectivity index (χ3n) is 8.12. The van der Waals surface area contributed by atoms with Gasteiger partial charge in [-0.05, 0) is 44.9 Å². The quantitative estimate of drug-likeness (QED) is 0.0256. The molecule has 0 aromatic rings. The molecular formula is C36H70Na2O11S. The number of aliphatic hydroxyl groups is 4. The Morgan fingerprint density at radius 3 is 1.52 bits per heavy atom. The van der Waals surface area contributed by atoms with E-state index in [1.807, 2.05) is 0 Å². The Balaban J connectivity index is -0.000000322. The van der Waals surface area contributed by atoms with Crippen LogP contribution in [-0.4, -0.2) is 83.6 Å². The van der Waals surface area contributed by atoms with Gasteiger partial charge in [-0.3, -0.25) is 4.18 Å². The molecule has 0 spiro atoms. The number of aliphatic hydroxyl groups excluding tert-OH is 4. The number of carboxylic acids is 1. The minimum Gasteiger partial charge on any atom is -0.726 e. The Morgan fingerprint density at radius 2 is 1.16 bits per heavy atom. The van der Waals surface area contributed by atoms with Crippen molar-refractivity contribution in [3.05, 3.63) is 12.2 Å². The van der Waals surface area contributed by atoms with Gasteiger partial charge in [0, 0.05) is 5.97 Å². The molecular weight excluding hydrogens is 686 g/mol. The van der Waals surface area contributed by atoms with E-state index < -0.39 is 47.4 Å². The zero-order valence-electron chi connectivity index (χ0n) is 32.1. The van der Waals surface area contributed by atoms with Crippen molar-refractivity contribution in [1.82, 2.24) is 0 Å². The Bertz CT molecular complexity index is 835. The number of carbonyl (C=O) groups excluding carboxylic acids is 1. The fraction of sp³-hybridized carbons (Fsp3) is 0.917. The summed E-state index contributed by atoms with van der Waals surface area (Å²) >= 11 is 0. The Kier molecular flexibility index (Phi) is 49.1. The molecule has 11 nitrogen and oxygen atoms in total. The molecule has 0 unspecified atom stereocenters. The van der Waals surface area contributed by atoms with Crippen molar-refractivity contribution in [3.63, 3.8) is 0 Å². The Labute approximate surface area is 349 Å². The number of allylic oxidation sites excluding steroid dienone is 2. The van der Waals surface area contributed by atoms with Gasteiger partial charge < -0.3 is 39.6 Å². The summed E-state index contributed by atoms with van der Waals surface area (Å²) in [7, 11) is -4.48. The number of ether oxygens (including phenoxy) is 1. The summed E-state index contributed by atoms with van der Waals surface area (Å²) in [6.07, 6.45) is 28.6. The number of hydrogen-bond donors (Lipinski definition) is 4. The van der Waals surface area contributed by atoms with E-state index in [0.29, 0.717) is 6.42 Å². The summed E-state index contributed by atoms with van der Waals surface area (Å²) in [6.45, 7) is 4.02. The van der Waals surface area contributed by atoms with Crippen LogP contribution in [-0.2, 0) is 24.1 Å². The molecule has 4 atom stereocenters. The van der Waals surface area contributed by atoms with Crippen molar-refractivity contribution in [1.29, 1.82) is 0 Å². The van der Waals surface area contributed by atoms with Gasteiger partial charge in [-0.1, -0.05) is 135 Å². The van der Waals surface area contributed by atoms with Crippen molar-refractivity contribution in [2.24, 2.45) is 0 Å². The first-order valence-corrected chi connectivity index (χ1v) is 20.0. The average Bonchev–Trinajstić information content (AvgIpc) is 3.38. The van der Waals surface area contributed by atoms with Crippen LogP contribution in [0.1, 0.15) is 168 Å². The van der Waals surface area contributed by atoms with Gasteiger partial charge in [-0.25, -0.2) is 8.42 Å². The van der Waals surface area contributed by atoms with E-state index in [1.165, 1.54) is 109 Å². The van der Waals surface area contributed by atoms with Gasteiger partial charge in [0.05, 0.1) is 19.8 Å². The maximum atomic E-state index is 10.2. The van der Waals surface area contributed by atoms with Crippen LogP contribution in [0.5, 0.6) is 0 Å². The van der Waals surface area contributed by atoms with Crippen LogP contribution in [0.4, 0.5) is 0 Å². The molecule has 0 saturated carbocycles. The molecule has 50 heavy (non-hydrogen) atoms. The number of rotatable bonds is 29. The van der Waals surface area contributed by atoms with Crippen LogP contribution in [0.2, 0.25) is 0 Å². The molecule has 1 aliphatic rings. The number of carboxylic acid groups (broad SMARTS) is 1. The predicted molar refractivity (Wildman–Crippen MR) is 187 cm³/mol. The molecule has 1 aliphatic heterocycles. The molecule has 0 bridgehead atoms. The summed E-state index contributed by atoms with van der Waals surface area (Å²) < 4.78 is 39.3. The largest absolute Gasteiger partial charge is 1.00 e. The molecule has 4 N–H and O–H groups in total. The van der Waals surface area contributed by atoms with Gasteiger partial charge in [0.15, 0.2) is 0 Å². The second-order valence-corrected chi connectivity index (χ2v) is 13.8. The second kappa shape index (κ2) is 42.6. The van der Waals surface area contributed by atoms with Crippen LogP contribution in [0.3, 0.4) is 0 Å². The first-order chi connectivity index (χ1) is 23.0. The van der Waals surface area contributed by atoms with Crippen LogP contribution >= 0.6 is 0 Å². The van der Waals surface area contributed by atoms with E-state index in [4.69, 9.17) is 25.2 Å². The molecule has 1 saturated heterocycles. The maximum absolute atomic E-state index is 10.2. The zero-order chi connectivity index (χ0) is 36.3. The number of unbranched alkanes of at least 4 members (excludes halogenated alkanes) is 20. The smallest absolute Gasteiger partial charge is 0.726 e. The van der Waals surface area contributed by atoms with Crippen molar-refractivity contribution in [2.45, 2.75) is 192 Å². The molecule has 0 aromatic carbocycles. The molecule has 1 fully saturated rings. The van der Waals surface area contributed by atoms with Crippen LogP contribution in [0.25, 0.3) is 0 Å². The molecule has 1 heterocycles. The summed E-state index contributed by atoms with van der Waals surface area (Å²) in [5.41, 5.74) is 0. The number of aliphatic carboxylic acids is 1. The van der Waals surface area contributed by atoms with E-state index in [1.54, 1.807) is 0 Å². The van der Waals surface area contributed by atoms with Gasteiger partial charge in [-0.15, -0.1) is 0 Å². The van der Waals surface area contributed by atoms with Gasteiger partial charge >= 0.3 is 59.1 Å². The molecule has 0 aliphatic carbocycles. The third kappa shape index (κ3) is 43.3. The molecule has 14 heteroatoms. The van der Waals surface area contributed by atoms with E-state index in [0.717, 1.165) is 32.1 Å². The molecule has 0 amide bonds. The van der Waals surface area contributed by atoms with E-state index >= 15 is 0 Å². The monoisotopic (exact) mass is 756 g/mol. The van der Waals surface area contributed by atoms with Crippen molar-refractivity contribution in [3.8, 4) is 0 Å². The average molecular weight is 757 g/mol. The predicted octanol–water partition coefficient (Wildman–Crippen LogP) is -0.374. The third-order valence-corrected chi connectivity index (χ3v) is 8.58. The Morgan fingerprint density at radius 1 is 0.760 bits per heavy atom. The Hall–Kier alpha value is 0.880. The minimum atomic E-state index is -4.48. The number of carbonyl (C=O) groups is 1. The summed E-state index contributed by atoms with van der Waals surface area (Å²) in [6, 6.07) is 0. The maximum Gasteiger partial charge on any atom is 1.00 e. The standard InChI is InChI=1S/C18H34O2.C12H26O4S.C6H12O5.2Na/c1-2-3-4-5-6-7-8-9-10-11-12-13-14-15-16-17-18(19)20;1-2-3-4-5-6-7-8-9-10-11-12-16-17(13,14)15;7-1-3(8)6-5(10)4(9)2-11-6;;/h9-10H,2-8,11-17H2,1H3,(H,19,20);2-12H2,1H3,(H,13,14,15);3-10H,1-2H2;;/q;;;2*+1/p-2/b10-9-;;;;/t;;3-,4+,5-,6-;;/m..1../s1. The topological polar surface area (TPSA) is 197 Å². The SMILES string of the molecule is CCCCCCCC/C=C\CCCCCCCC(=O)[O-].CCCCCCCCCCCCOS(=O)(=O)[O-].OC[C@@H](O)[C@H]1OC[C@H](O)[C@H]1O.[Na+].[Na+]. The summed E-state index contributed by atoms with van der Waals surface area (Å²) in [5, 5.41) is 45.7. The van der Waals surface area contributed by atoms with Gasteiger partial charge in [-0.2, -0.15) is 0 Å². The van der Waals surface area contributed by atoms with Gasteiger partial charge in [0.25, 0.3) is 0 Å². The fourth-order valence-electron chi connectivity index (χ4n) is 5.16. The summed E-state index contributed by atoms with van der Waals surface area (Å²) in [5.74, 6) is -0.914. The molecule has 288 valence electrons. The summed E-state index contributed by atoms with van der Waals surface area (Å²) in [4.78, 5) is 10.2. The van der Waals surface area contributed by atoms with Crippen molar-refractivity contribution in [2.75, 3.05) is 19.8 Å². The minimum absolute atomic E-state index is 0. The van der Waals surface area contributed by atoms with E-state index in [2.05, 4.69) is 30.2 Å². The van der Waals surface area contributed by atoms with Crippen molar-refractivity contribution >= 4 is 16.4 Å². The first kappa shape index (κ1) is 57.6. The van der Waals surface area contributed by atoms with Gasteiger partial charge in [0.1, 0.15) is 24.4 Å². The molecule has 1 rings (SSSR count). The zero-order valence-corrected chi connectivity index (χ0v) is 36.9. The van der Waals surface area contributed by atoms with E-state index in [9.17, 15) is 22.9 Å². The fourth-order valence-corrected chi connectivity index (χ4v) is 5.48. The first-order valence-electron chi connectivity index (χ1n) is 18.7. The molecule has 0 aromatic heterocycles. The van der Waals surface area contributed by atoms with E-state index in [-0.39, 0.29) is 78.7 Å². The van der Waals surface area contributed by atoms with Gasteiger partial charge in [0.2, 0.25) is 10.4 Å². The normalized spacial score (nSPS) is 17.5. The van der Waals surface area contributed by atoms with Crippen LogP contribution in [0.15, 0.2) is 12.2 Å². The van der Waals surface area contributed by atoms with Crippen molar-refractivity contribution < 1.29 is 111 Å². The van der Waals surface area contributed by atoms with Crippen LogP contribution < -0.4 is 64.2 Å². The second-order valence-electron chi connectivity index (χ2n) is 12.7. The van der Waals surface area contributed by atoms with Crippen LogP contribution in [0, 0.1) is 0 Å².